The summed E-state index contributed by atoms with van der Waals surface area (Å²) < 4.78 is 54.5. The predicted molar refractivity (Wildman–Crippen MR) is 115 cm³/mol. The number of pyridine rings is 1. The number of carbonyl (C=O) groups excluding carboxylic acids is 1. The number of nitrogens with zero attached hydrogens (tertiary/aromatic N) is 4. The quantitative estimate of drug-likeness (QED) is 0.464. The maximum Gasteiger partial charge on any atom is 0.419 e. The number of carbonyl (C=O) groups is 2. The second-order valence-electron chi connectivity index (χ2n) is 6.75. The van der Waals surface area contributed by atoms with Crippen molar-refractivity contribution in [2.75, 3.05) is 16.8 Å². The normalized spacial score (nSPS) is 12.3. The average molecular weight is 503 g/mol. The van der Waals surface area contributed by atoms with E-state index in [0.29, 0.717) is 11.0 Å². The van der Waals surface area contributed by atoms with Gasteiger partial charge in [0.25, 0.3) is 5.91 Å². The third kappa shape index (κ3) is 4.91. The van der Waals surface area contributed by atoms with Crippen LogP contribution in [0.2, 0.25) is 5.02 Å². The molecule has 1 atom stereocenters. The van der Waals surface area contributed by atoms with Gasteiger partial charge >= 0.3 is 12.1 Å². The first kappa shape index (κ1) is 24.4. The molecule has 3 aromatic rings. The Hall–Kier alpha value is -3.25. The molecular formula is C20H15ClF4N4O3S. The van der Waals surface area contributed by atoms with E-state index in [1.54, 1.807) is 0 Å². The van der Waals surface area contributed by atoms with Gasteiger partial charge in [0.2, 0.25) is 0 Å². The summed E-state index contributed by atoms with van der Waals surface area (Å²) in [6.07, 6.45) is -2.60. The summed E-state index contributed by atoms with van der Waals surface area (Å²) in [5.41, 5.74) is -2.36. The summed E-state index contributed by atoms with van der Waals surface area (Å²) in [6, 6.07) is 2.75. The van der Waals surface area contributed by atoms with Gasteiger partial charge in [-0.15, -0.1) is 11.3 Å². The van der Waals surface area contributed by atoms with E-state index in [0.717, 1.165) is 29.7 Å². The predicted octanol–water partition coefficient (Wildman–Crippen LogP) is 5.24. The molecule has 0 saturated carbocycles. The van der Waals surface area contributed by atoms with Crippen molar-refractivity contribution in [1.82, 2.24) is 9.97 Å². The van der Waals surface area contributed by atoms with Gasteiger partial charge in [-0.1, -0.05) is 17.7 Å². The molecule has 1 aromatic carbocycles. The fourth-order valence-corrected chi connectivity index (χ4v) is 3.77. The van der Waals surface area contributed by atoms with E-state index in [4.69, 9.17) is 16.7 Å². The van der Waals surface area contributed by atoms with Crippen molar-refractivity contribution in [3.63, 3.8) is 0 Å². The van der Waals surface area contributed by atoms with Crippen LogP contribution in [0.15, 0.2) is 42.0 Å². The molecule has 1 unspecified atom stereocenters. The Bertz CT molecular complexity index is 1190. The van der Waals surface area contributed by atoms with Crippen molar-refractivity contribution in [1.29, 1.82) is 0 Å². The summed E-state index contributed by atoms with van der Waals surface area (Å²) in [6.45, 7) is 1.40. The highest BCUT2D eigenvalue weighted by Crippen LogP contribution is 2.38. The summed E-state index contributed by atoms with van der Waals surface area (Å²) >= 11 is 7.11. The first-order valence-corrected chi connectivity index (χ1v) is 10.4. The molecule has 1 N–H and O–H groups in total. The van der Waals surface area contributed by atoms with E-state index in [2.05, 4.69) is 9.97 Å². The summed E-state index contributed by atoms with van der Waals surface area (Å²) in [5.74, 6) is -3.64. The highest BCUT2D eigenvalue weighted by atomic mass is 35.5. The van der Waals surface area contributed by atoms with Gasteiger partial charge in [-0.2, -0.15) is 13.2 Å². The molecule has 2 heterocycles. The fourth-order valence-electron chi connectivity index (χ4n) is 2.82. The number of halogens is 5. The van der Waals surface area contributed by atoms with Crippen molar-refractivity contribution in [2.45, 2.75) is 19.1 Å². The lowest BCUT2D eigenvalue weighted by Crippen LogP contribution is -2.36. The smallest absolute Gasteiger partial charge is 0.419 e. The molecular weight excluding hydrogens is 488 g/mol. The highest BCUT2D eigenvalue weighted by molar-refractivity contribution is 7.13. The Balaban J connectivity index is 2.08. The third-order valence-corrected chi connectivity index (χ3v) is 5.71. The number of benzene rings is 1. The minimum Gasteiger partial charge on any atom is -0.480 e. The Morgan fingerprint density at radius 2 is 1.94 bits per heavy atom. The van der Waals surface area contributed by atoms with Crippen molar-refractivity contribution >= 4 is 51.5 Å². The lowest BCUT2D eigenvalue weighted by molar-refractivity contribution is -0.140. The van der Waals surface area contributed by atoms with E-state index in [1.807, 2.05) is 0 Å². The van der Waals surface area contributed by atoms with Crippen molar-refractivity contribution in [3.05, 3.63) is 64.0 Å². The van der Waals surface area contributed by atoms with Crippen LogP contribution in [0.1, 0.15) is 22.8 Å². The number of rotatable bonds is 6. The van der Waals surface area contributed by atoms with Crippen LogP contribution in [0, 0.1) is 5.82 Å². The van der Waals surface area contributed by atoms with E-state index in [1.165, 1.54) is 36.5 Å². The Morgan fingerprint density at radius 3 is 2.48 bits per heavy atom. The Kier molecular flexibility index (Phi) is 6.89. The fraction of sp³-hybridized carbons (Fsp3) is 0.200. The van der Waals surface area contributed by atoms with E-state index >= 15 is 0 Å². The zero-order valence-electron chi connectivity index (χ0n) is 17.0. The molecule has 0 radical (unpaired) electrons. The monoisotopic (exact) mass is 502 g/mol. The van der Waals surface area contributed by atoms with Crippen LogP contribution in [0.3, 0.4) is 0 Å². The molecule has 3 rings (SSSR count). The Labute approximate surface area is 193 Å². The second kappa shape index (κ2) is 9.32. The van der Waals surface area contributed by atoms with Crippen LogP contribution < -0.4 is 9.80 Å². The molecule has 7 nitrogen and oxygen atoms in total. The van der Waals surface area contributed by atoms with Gasteiger partial charge in [0.1, 0.15) is 11.9 Å². The number of alkyl halides is 3. The van der Waals surface area contributed by atoms with Crippen LogP contribution >= 0.6 is 22.9 Å². The van der Waals surface area contributed by atoms with Crippen molar-refractivity contribution in [2.24, 2.45) is 0 Å². The number of aliphatic carboxylic acids is 1. The minimum atomic E-state index is -4.98. The number of carboxylic acid groups (broad SMARTS) is 1. The number of hydrogen-bond acceptors (Lipinski definition) is 6. The van der Waals surface area contributed by atoms with Crippen LogP contribution in [-0.2, 0) is 11.0 Å². The van der Waals surface area contributed by atoms with Crippen LogP contribution in [-0.4, -0.2) is 40.0 Å². The molecule has 0 spiro atoms. The largest absolute Gasteiger partial charge is 0.480 e. The standard InChI is InChI=1S/C20H15ClF4N4O3S/c1-10(18(31)32)28(2)16-13(21)8-11(9-27-16)17(30)29(19-26-6-7-33-19)14-5-3-4-12(15(14)22)20(23,24)25/h3-10H,1-2H3,(H,31,32). The van der Waals surface area contributed by atoms with E-state index in [-0.39, 0.29) is 21.5 Å². The number of carboxylic acids is 1. The Morgan fingerprint density at radius 1 is 1.24 bits per heavy atom. The number of aromatic nitrogens is 2. The summed E-state index contributed by atoms with van der Waals surface area (Å²) in [7, 11) is 1.44. The minimum absolute atomic E-state index is 0.0640. The molecule has 0 saturated heterocycles. The molecule has 33 heavy (non-hydrogen) atoms. The first-order chi connectivity index (χ1) is 15.4. The first-order valence-electron chi connectivity index (χ1n) is 9.14. The number of hydrogen-bond donors (Lipinski definition) is 1. The molecule has 0 aliphatic rings. The summed E-state index contributed by atoms with van der Waals surface area (Å²) in [4.78, 5) is 34.4. The lowest BCUT2D eigenvalue weighted by Gasteiger charge is -2.25. The van der Waals surface area contributed by atoms with Gasteiger partial charge < -0.3 is 10.0 Å². The molecule has 0 aliphatic heterocycles. The van der Waals surface area contributed by atoms with Crippen LogP contribution in [0.5, 0.6) is 0 Å². The van der Waals surface area contributed by atoms with Crippen molar-refractivity contribution in [3.8, 4) is 0 Å². The molecule has 1 amide bonds. The number of likely N-dealkylation sites (N-methyl/N-ethyl adjacent to an activating group) is 1. The van der Waals surface area contributed by atoms with Crippen molar-refractivity contribution < 1.29 is 32.3 Å². The van der Waals surface area contributed by atoms with Gasteiger partial charge in [0.05, 0.1) is 21.8 Å². The van der Waals surface area contributed by atoms with Gasteiger partial charge in [-0.3, -0.25) is 4.79 Å². The zero-order chi connectivity index (χ0) is 24.5. The van der Waals surface area contributed by atoms with Gasteiger partial charge in [-0.05, 0) is 25.1 Å². The molecule has 13 heteroatoms. The topological polar surface area (TPSA) is 86.6 Å². The molecule has 174 valence electrons. The highest BCUT2D eigenvalue weighted by Gasteiger charge is 2.37. The van der Waals surface area contributed by atoms with Crippen LogP contribution in [0.25, 0.3) is 0 Å². The molecule has 0 bridgehead atoms. The van der Waals surface area contributed by atoms with Gasteiger partial charge in [0.15, 0.2) is 10.9 Å². The van der Waals surface area contributed by atoms with E-state index < -0.39 is 41.2 Å². The number of anilines is 3. The SMILES string of the molecule is CC(C(=O)O)N(C)c1ncc(C(=O)N(c2nccs2)c2cccc(C(F)(F)F)c2F)cc1Cl. The third-order valence-electron chi connectivity index (χ3n) is 4.68. The number of amides is 1. The maximum atomic E-state index is 14.9. The summed E-state index contributed by atoms with van der Waals surface area (Å²) in [5, 5.41) is 10.5. The van der Waals surface area contributed by atoms with Gasteiger partial charge in [0, 0.05) is 24.8 Å². The zero-order valence-corrected chi connectivity index (χ0v) is 18.5. The maximum absolute atomic E-state index is 14.9. The molecule has 2 aromatic heterocycles. The second-order valence-corrected chi connectivity index (χ2v) is 8.03. The van der Waals surface area contributed by atoms with Crippen LogP contribution in [0.4, 0.5) is 34.2 Å². The molecule has 0 fully saturated rings. The average Bonchev–Trinajstić information content (AvgIpc) is 3.27. The van der Waals surface area contributed by atoms with Gasteiger partial charge in [-0.25, -0.2) is 24.1 Å². The molecule has 0 aliphatic carbocycles. The number of thiazole rings is 1. The van der Waals surface area contributed by atoms with E-state index in [9.17, 15) is 27.2 Å². The lowest BCUT2D eigenvalue weighted by atomic mass is 10.1.